The van der Waals surface area contributed by atoms with Crippen molar-refractivity contribution in [3.05, 3.63) is 40.3 Å². The molecule has 0 spiro atoms. The average molecular weight is 280 g/mol. The van der Waals surface area contributed by atoms with Crippen molar-refractivity contribution >= 4 is 23.2 Å². The maximum absolute atomic E-state index is 11.8. The lowest BCUT2D eigenvalue weighted by atomic mass is 9.97. The summed E-state index contributed by atoms with van der Waals surface area (Å²) in [6.45, 7) is 1.10. The highest BCUT2D eigenvalue weighted by Crippen LogP contribution is 2.31. The van der Waals surface area contributed by atoms with Gasteiger partial charge in [-0.15, -0.1) is 12.4 Å². The van der Waals surface area contributed by atoms with E-state index in [4.69, 9.17) is 0 Å². The van der Waals surface area contributed by atoms with Crippen LogP contribution in [0, 0.1) is 0 Å². The van der Waals surface area contributed by atoms with Crippen molar-refractivity contribution in [2.24, 2.45) is 0 Å². The van der Waals surface area contributed by atoms with Crippen LogP contribution in [0.4, 0.5) is 0 Å². The number of nitrogens with one attached hydrogen (secondary N) is 1. The van der Waals surface area contributed by atoms with E-state index in [-0.39, 0.29) is 18.0 Å². The van der Waals surface area contributed by atoms with Gasteiger partial charge in [0, 0.05) is 5.39 Å². The van der Waals surface area contributed by atoms with Crippen LogP contribution in [0.25, 0.3) is 10.8 Å². The zero-order chi connectivity index (χ0) is 12.5. The molecule has 4 nitrogen and oxygen atoms in total. The van der Waals surface area contributed by atoms with Crippen LogP contribution in [0.3, 0.4) is 0 Å². The summed E-state index contributed by atoms with van der Waals surface area (Å²) in [4.78, 5) is 14.1. The molecule has 1 aliphatic heterocycles. The zero-order valence-corrected chi connectivity index (χ0v) is 11.7. The number of rotatable bonds is 1. The molecule has 0 aliphatic carbocycles. The molecule has 2 heterocycles. The Morgan fingerprint density at radius 3 is 2.74 bits per heavy atom. The SMILES string of the molecule is CN1CCCCC1c1n[nH]c(=O)c2ccccc12.Cl. The monoisotopic (exact) mass is 279 g/mol. The number of hydrogen-bond donors (Lipinski definition) is 1. The van der Waals surface area contributed by atoms with Crippen molar-refractivity contribution in [3.63, 3.8) is 0 Å². The Labute approximate surface area is 118 Å². The fourth-order valence-corrected chi connectivity index (χ4v) is 2.81. The second-order valence-corrected chi connectivity index (χ2v) is 4.98. The maximum atomic E-state index is 11.8. The molecule has 1 fully saturated rings. The van der Waals surface area contributed by atoms with Crippen LogP contribution >= 0.6 is 12.4 Å². The van der Waals surface area contributed by atoms with E-state index in [1.54, 1.807) is 0 Å². The van der Waals surface area contributed by atoms with Crippen LogP contribution in [-0.4, -0.2) is 28.7 Å². The molecule has 1 aliphatic rings. The number of benzene rings is 1. The highest BCUT2D eigenvalue weighted by Gasteiger charge is 2.24. The Bertz CT molecular complexity index is 625. The van der Waals surface area contributed by atoms with Crippen molar-refractivity contribution < 1.29 is 0 Å². The molecule has 0 amide bonds. The third-order valence-corrected chi connectivity index (χ3v) is 3.81. The summed E-state index contributed by atoms with van der Waals surface area (Å²) in [6, 6.07) is 8.04. The third-order valence-electron chi connectivity index (χ3n) is 3.81. The lowest BCUT2D eigenvalue weighted by molar-refractivity contribution is 0.184. The fraction of sp³-hybridized carbons (Fsp3) is 0.429. The fourth-order valence-electron chi connectivity index (χ4n) is 2.81. The van der Waals surface area contributed by atoms with E-state index in [0.717, 1.165) is 29.4 Å². The molecule has 1 aromatic carbocycles. The average Bonchev–Trinajstić information content (AvgIpc) is 2.41. The number of aromatic amines is 1. The van der Waals surface area contributed by atoms with Crippen LogP contribution in [0.1, 0.15) is 31.0 Å². The van der Waals surface area contributed by atoms with Crippen molar-refractivity contribution in [3.8, 4) is 0 Å². The normalized spacial score (nSPS) is 20.2. The Kier molecular flexibility index (Phi) is 4.22. The van der Waals surface area contributed by atoms with Crippen molar-refractivity contribution in [2.45, 2.75) is 25.3 Å². The summed E-state index contributed by atoms with van der Waals surface area (Å²) in [7, 11) is 2.13. The van der Waals surface area contributed by atoms with Crippen LogP contribution < -0.4 is 5.56 Å². The highest BCUT2D eigenvalue weighted by atomic mass is 35.5. The van der Waals surface area contributed by atoms with E-state index >= 15 is 0 Å². The molecular weight excluding hydrogens is 262 g/mol. The highest BCUT2D eigenvalue weighted by molar-refractivity contribution is 5.85. The molecule has 1 N–H and O–H groups in total. The summed E-state index contributed by atoms with van der Waals surface area (Å²) >= 11 is 0. The van der Waals surface area contributed by atoms with Crippen molar-refractivity contribution in [2.75, 3.05) is 13.6 Å². The molecule has 1 unspecified atom stereocenters. The summed E-state index contributed by atoms with van der Waals surface area (Å²) in [5.74, 6) is 0. The van der Waals surface area contributed by atoms with Gasteiger partial charge in [-0.05, 0) is 32.5 Å². The van der Waals surface area contributed by atoms with E-state index in [9.17, 15) is 4.79 Å². The molecule has 0 saturated carbocycles. The second-order valence-electron chi connectivity index (χ2n) is 4.98. The Balaban J connectivity index is 0.00000133. The maximum Gasteiger partial charge on any atom is 0.272 e. The molecule has 1 atom stereocenters. The summed E-state index contributed by atoms with van der Waals surface area (Å²) in [5.41, 5.74) is 0.903. The van der Waals surface area contributed by atoms with Gasteiger partial charge in [0.05, 0.1) is 17.1 Å². The standard InChI is InChI=1S/C14H17N3O.ClH/c1-17-9-5-4-8-12(17)13-10-6-2-3-7-11(10)14(18)16-15-13;/h2-3,6-7,12H,4-5,8-9H2,1H3,(H,16,18);1H. The number of fused-ring (bicyclic) bond motifs is 1. The summed E-state index contributed by atoms with van der Waals surface area (Å²) in [5, 5.41) is 8.65. The van der Waals surface area contributed by atoms with Crippen LogP contribution in [0.15, 0.2) is 29.1 Å². The molecule has 0 radical (unpaired) electrons. The van der Waals surface area contributed by atoms with Gasteiger partial charge >= 0.3 is 0 Å². The molecule has 1 saturated heterocycles. The molecule has 3 rings (SSSR count). The van der Waals surface area contributed by atoms with Gasteiger partial charge < -0.3 is 0 Å². The number of aromatic nitrogens is 2. The minimum atomic E-state index is -0.104. The molecule has 102 valence electrons. The van der Waals surface area contributed by atoms with E-state index in [1.807, 2.05) is 24.3 Å². The Hall–Kier alpha value is -1.39. The van der Waals surface area contributed by atoms with Gasteiger partial charge in [-0.2, -0.15) is 5.10 Å². The Morgan fingerprint density at radius 1 is 1.26 bits per heavy atom. The molecule has 19 heavy (non-hydrogen) atoms. The predicted octanol–water partition coefficient (Wildman–Crippen LogP) is 2.50. The molecule has 1 aromatic heterocycles. The first-order valence-corrected chi connectivity index (χ1v) is 6.45. The first-order chi connectivity index (χ1) is 8.77. The number of nitrogens with zero attached hydrogens (tertiary/aromatic N) is 2. The van der Waals surface area contributed by atoms with Gasteiger partial charge in [0.1, 0.15) is 0 Å². The molecule has 0 bridgehead atoms. The third kappa shape index (κ3) is 2.51. The van der Waals surface area contributed by atoms with Gasteiger partial charge in [-0.25, -0.2) is 5.10 Å². The summed E-state index contributed by atoms with van der Waals surface area (Å²) < 4.78 is 0. The second kappa shape index (κ2) is 5.72. The molecular formula is C14H18ClN3O. The van der Waals surface area contributed by atoms with Gasteiger partial charge in [-0.3, -0.25) is 9.69 Å². The van der Waals surface area contributed by atoms with Crippen LogP contribution in [-0.2, 0) is 0 Å². The lowest BCUT2D eigenvalue weighted by Crippen LogP contribution is -2.31. The van der Waals surface area contributed by atoms with Gasteiger partial charge in [0.2, 0.25) is 0 Å². The quantitative estimate of drug-likeness (QED) is 0.873. The minimum absolute atomic E-state index is 0. The molecule has 2 aromatic rings. The van der Waals surface area contributed by atoms with Crippen LogP contribution in [0.5, 0.6) is 0 Å². The van der Waals surface area contributed by atoms with Gasteiger partial charge in [-0.1, -0.05) is 24.6 Å². The van der Waals surface area contributed by atoms with Gasteiger partial charge in [0.25, 0.3) is 5.56 Å². The number of piperidine rings is 1. The van der Waals surface area contributed by atoms with E-state index in [0.29, 0.717) is 6.04 Å². The predicted molar refractivity (Wildman–Crippen MR) is 78.8 cm³/mol. The summed E-state index contributed by atoms with van der Waals surface area (Å²) in [6.07, 6.45) is 3.58. The van der Waals surface area contributed by atoms with E-state index < -0.39 is 0 Å². The number of H-pyrrole nitrogens is 1. The first-order valence-electron chi connectivity index (χ1n) is 6.45. The van der Waals surface area contributed by atoms with E-state index in [2.05, 4.69) is 22.1 Å². The number of halogens is 1. The van der Waals surface area contributed by atoms with Crippen molar-refractivity contribution in [1.82, 2.24) is 15.1 Å². The van der Waals surface area contributed by atoms with Crippen LogP contribution in [0.2, 0.25) is 0 Å². The topological polar surface area (TPSA) is 49.0 Å². The Morgan fingerprint density at radius 2 is 2.00 bits per heavy atom. The smallest absolute Gasteiger partial charge is 0.272 e. The number of likely N-dealkylation sites (tertiary alicyclic amines) is 1. The first kappa shape index (κ1) is 14.0. The van der Waals surface area contributed by atoms with E-state index in [1.165, 1.54) is 12.8 Å². The minimum Gasteiger partial charge on any atom is -0.298 e. The largest absolute Gasteiger partial charge is 0.298 e. The molecule has 5 heteroatoms. The zero-order valence-electron chi connectivity index (χ0n) is 10.9. The lowest BCUT2D eigenvalue weighted by Gasteiger charge is -2.32. The van der Waals surface area contributed by atoms with Crippen molar-refractivity contribution in [1.29, 1.82) is 0 Å². The van der Waals surface area contributed by atoms with Gasteiger partial charge in [0.15, 0.2) is 0 Å². The number of hydrogen-bond acceptors (Lipinski definition) is 3.